The highest BCUT2D eigenvalue weighted by Crippen LogP contribution is 2.12. The summed E-state index contributed by atoms with van der Waals surface area (Å²) in [5, 5.41) is 19.0. The molecule has 0 saturated carbocycles. The quantitative estimate of drug-likeness (QED) is 0.498. The fourth-order valence-electron chi connectivity index (χ4n) is 0.978. The summed E-state index contributed by atoms with van der Waals surface area (Å²) in [6.07, 6.45) is 1.19. The van der Waals surface area contributed by atoms with Gasteiger partial charge in [0.2, 0.25) is 0 Å². The van der Waals surface area contributed by atoms with Crippen molar-refractivity contribution in [2.24, 2.45) is 0 Å². The lowest BCUT2D eigenvalue weighted by Crippen LogP contribution is -2.07. The second-order valence-corrected chi connectivity index (χ2v) is 2.30. The van der Waals surface area contributed by atoms with E-state index >= 15 is 0 Å². The highest BCUT2D eigenvalue weighted by molar-refractivity contribution is 5.18. The molecule has 0 atom stereocenters. The van der Waals surface area contributed by atoms with Crippen molar-refractivity contribution in [2.75, 3.05) is 6.61 Å². The molecule has 0 saturated heterocycles. The van der Waals surface area contributed by atoms with Gasteiger partial charge in [-0.2, -0.15) is 0 Å². The van der Waals surface area contributed by atoms with Crippen molar-refractivity contribution in [2.45, 2.75) is 13.5 Å². The van der Waals surface area contributed by atoms with Gasteiger partial charge in [0, 0.05) is 6.92 Å². The maximum Gasteiger partial charge on any atom is 0.342 e. The first-order valence-corrected chi connectivity index (χ1v) is 3.44. The number of hydrogen-bond acceptors (Lipinski definition) is 4. The van der Waals surface area contributed by atoms with Gasteiger partial charge in [-0.1, -0.05) is 0 Å². The number of imidazole rings is 1. The van der Waals surface area contributed by atoms with Crippen LogP contribution >= 0.6 is 0 Å². The second-order valence-electron chi connectivity index (χ2n) is 2.30. The molecule has 1 aromatic rings. The molecule has 0 aliphatic heterocycles. The largest absolute Gasteiger partial charge is 0.412 e. The van der Waals surface area contributed by atoms with Crippen LogP contribution < -0.4 is 0 Å². The number of aryl methyl sites for hydroxylation is 1. The molecule has 0 aliphatic carbocycles. The zero-order valence-electron chi connectivity index (χ0n) is 7.10. The molecule has 13 heavy (non-hydrogen) atoms. The SMILES string of the molecule is Cc1ncc([N+](=O)[O-])n1CCO.O. The van der Waals surface area contributed by atoms with Gasteiger partial charge in [0.15, 0.2) is 5.82 Å². The highest BCUT2D eigenvalue weighted by atomic mass is 16.6. The molecule has 0 spiro atoms. The summed E-state index contributed by atoms with van der Waals surface area (Å²) < 4.78 is 1.36. The third-order valence-corrected chi connectivity index (χ3v) is 1.54. The number of hydrogen-bond donors (Lipinski definition) is 1. The summed E-state index contributed by atoms with van der Waals surface area (Å²) in [4.78, 5) is 13.6. The minimum absolute atomic E-state index is 0. The summed E-state index contributed by atoms with van der Waals surface area (Å²) in [7, 11) is 0. The number of nitro groups is 1. The normalized spacial score (nSPS) is 9.38. The average Bonchev–Trinajstić information content (AvgIpc) is 2.34. The van der Waals surface area contributed by atoms with Gasteiger partial charge in [-0.3, -0.25) is 0 Å². The lowest BCUT2D eigenvalue weighted by Gasteiger charge is -1.98. The summed E-state index contributed by atoms with van der Waals surface area (Å²) >= 11 is 0. The highest BCUT2D eigenvalue weighted by Gasteiger charge is 2.15. The fourth-order valence-corrected chi connectivity index (χ4v) is 0.978. The van der Waals surface area contributed by atoms with Crippen molar-refractivity contribution in [3.8, 4) is 0 Å². The third-order valence-electron chi connectivity index (χ3n) is 1.54. The van der Waals surface area contributed by atoms with E-state index in [0.29, 0.717) is 5.82 Å². The molecular weight excluding hydrogens is 178 g/mol. The van der Waals surface area contributed by atoms with Crippen LogP contribution in [0.25, 0.3) is 0 Å². The summed E-state index contributed by atoms with van der Waals surface area (Å²) in [5.74, 6) is 0.456. The number of rotatable bonds is 3. The van der Waals surface area contributed by atoms with Gasteiger partial charge in [-0.05, 0) is 4.92 Å². The molecule has 1 rings (SSSR count). The molecule has 1 heterocycles. The van der Waals surface area contributed by atoms with E-state index in [-0.39, 0.29) is 24.4 Å². The Kier molecular flexibility index (Phi) is 4.02. The zero-order valence-corrected chi connectivity index (χ0v) is 7.10. The van der Waals surface area contributed by atoms with Crippen molar-refractivity contribution in [3.63, 3.8) is 0 Å². The van der Waals surface area contributed by atoms with E-state index in [0.717, 1.165) is 0 Å². The number of aromatic nitrogens is 2. The van der Waals surface area contributed by atoms with E-state index in [4.69, 9.17) is 5.11 Å². The van der Waals surface area contributed by atoms with Crippen molar-refractivity contribution in [1.29, 1.82) is 0 Å². The van der Waals surface area contributed by atoms with Crippen LogP contribution in [0.4, 0.5) is 5.82 Å². The van der Waals surface area contributed by atoms with E-state index in [9.17, 15) is 10.1 Å². The molecule has 0 fully saturated rings. The Labute approximate surface area is 74.1 Å². The molecule has 0 aromatic carbocycles. The number of aliphatic hydroxyl groups excluding tert-OH is 1. The molecule has 7 nitrogen and oxygen atoms in total. The molecule has 3 N–H and O–H groups in total. The zero-order chi connectivity index (χ0) is 9.14. The molecule has 0 amide bonds. The predicted octanol–water partition coefficient (Wildman–Crippen LogP) is -0.733. The molecule has 7 heteroatoms. The van der Waals surface area contributed by atoms with E-state index < -0.39 is 4.92 Å². The van der Waals surface area contributed by atoms with Gasteiger partial charge in [0.05, 0.1) is 6.61 Å². The maximum absolute atomic E-state index is 10.4. The van der Waals surface area contributed by atoms with Gasteiger partial charge >= 0.3 is 5.82 Å². The van der Waals surface area contributed by atoms with E-state index in [1.165, 1.54) is 10.8 Å². The standard InChI is InChI=1S/C6H9N3O3.H2O/c1-5-7-4-6(9(11)12)8(5)2-3-10;/h4,10H,2-3H2,1H3;1H2. The average molecular weight is 189 g/mol. The first-order valence-electron chi connectivity index (χ1n) is 3.44. The topological polar surface area (TPSA) is 113 Å². The van der Waals surface area contributed by atoms with E-state index in [1.807, 2.05) is 0 Å². The summed E-state index contributed by atoms with van der Waals surface area (Å²) in [6, 6.07) is 0. The van der Waals surface area contributed by atoms with Crippen molar-refractivity contribution in [1.82, 2.24) is 9.55 Å². The van der Waals surface area contributed by atoms with Crippen LogP contribution in [0, 0.1) is 17.0 Å². The van der Waals surface area contributed by atoms with Gasteiger partial charge in [-0.25, -0.2) is 9.55 Å². The van der Waals surface area contributed by atoms with E-state index in [2.05, 4.69) is 4.98 Å². The molecule has 0 bridgehead atoms. The van der Waals surface area contributed by atoms with Crippen LogP contribution in [0.1, 0.15) is 5.82 Å². The Morgan fingerprint density at radius 2 is 2.38 bits per heavy atom. The smallest absolute Gasteiger partial charge is 0.342 e. The van der Waals surface area contributed by atoms with Crippen molar-refractivity contribution in [3.05, 3.63) is 22.1 Å². The lowest BCUT2D eigenvalue weighted by molar-refractivity contribution is -0.392. The Hall–Kier alpha value is -1.47. The fraction of sp³-hybridized carbons (Fsp3) is 0.500. The van der Waals surface area contributed by atoms with Crippen LogP contribution in [0.3, 0.4) is 0 Å². The van der Waals surface area contributed by atoms with Crippen LogP contribution in [0.5, 0.6) is 0 Å². The molecule has 0 radical (unpaired) electrons. The maximum atomic E-state index is 10.4. The Balaban J connectivity index is 0.00000144. The number of aliphatic hydroxyl groups is 1. The first-order chi connectivity index (χ1) is 5.66. The van der Waals surface area contributed by atoms with Gasteiger partial charge in [-0.15, -0.1) is 0 Å². The Morgan fingerprint density at radius 3 is 2.85 bits per heavy atom. The Bertz CT molecular complexity index is 296. The lowest BCUT2D eigenvalue weighted by atomic mass is 10.6. The first kappa shape index (κ1) is 11.5. The number of nitrogens with zero attached hydrogens (tertiary/aromatic N) is 3. The van der Waals surface area contributed by atoms with Gasteiger partial charge in [0.1, 0.15) is 12.7 Å². The van der Waals surface area contributed by atoms with Gasteiger partial charge in [0.25, 0.3) is 0 Å². The Morgan fingerprint density at radius 1 is 1.77 bits per heavy atom. The van der Waals surface area contributed by atoms with Crippen LogP contribution in [0.2, 0.25) is 0 Å². The monoisotopic (exact) mass is 189 g/mol. The molecular formula is C6H11N3O4. The van der Waals surface area contributed by atoms with Crippen LogP contribution in [-0.2, 0) is 6.54 Å². The third kappa shape index (κ3) is 2.23. The molecule has 0 unspecified atom stereocenters. The molecule has 0 aliphatic rings. The van der Waals surface area contributed by atoms with Crippen molar-refractivity contribution >= 4 is 5.82 Å². The summed E-state index contributed by atoms with van der Waals surface area (Å²) in [6.45, 7) is 1.74. The molecule has 1 aromatic heterocycles. The predicted molar refractivity (Wildman–Crippen MR) is 44.3 cm³/mol. The van der Waals surface area contributed by atoms with Crippen LogP contribution in [0.15, 0.2) is 6.20 Å². The minimum atomic E-state index is -0.518. The van der Waals surface area contributed by atoms with Crippen molar-refractivity contribution < 1.29 is 15.5 Å². The van der Waals surface area contributed by atoms with Crippen LogP contribution in [-0.4, -0.2) is 31.7 Å². The van der Waals surface area contributed by atoms with Gasteiger partial charge < -0.3 is 20.7 Å². The summed E-state index contributed by atoms with van der Waals surface area (Å²) in [5.41, 5.74) is 0. The second kappa shape index (κ2) is 4.53. The molecule has 74 valence electrons. The van der Waals surface area contributed by atoms with E-state index in [1.54, 1.807) is 6.92 Å². The minimum Gasteiger partial charge on any atom is -0.412 e.